The number of aromatic nitrogens is 3. The Morgan fingerprint density at radius 1 is 0.606 bits per heavy atom. The Balaban J connectivity index is 1.60. The number of benzene rings is 1. The van der Waals surface area contributed by atoms with E-state index in [1.165, 1.54) is 11.1 Å². The summed E-state index contributed by atoms with van der Waals surface area (Å²) in [5.41, 5.74) is 7.39. The third kappa shape index (κ3) is 5.46. The Morgan fingerprint density at radius 2 is 1.21 bits per heavy atom. The van der Waals surface area contributed by atoms with Gasteiger partial charge in [0.2, 0.25) is 0 Å². The first kappa shape index (κ1) is 22.7. The van der Waals surface area contributed by atoms with Gasteiger partial charge in [-0.3, -0.25) is 9.97 Å². The maximum absolute atomic E-state index is 4.82. The van der Waals surface area contributed by atoms with Crippen LogP contribution >= 0.6 is 0 Å². The predicted molar refractivity (Wildman–Crippen MR) is 138 cm³/mol. The highest BCUT2D eigenvalue weighted by atomic mass is 15.0. The van der Waals surface area contributed by atoms with Gasteiger partial charge in [0.05, 0.1) is 17.1 Å². The zero-order valence-corrected chi connectivity index (χ0v) is 20.3. The van der Waals surface area contributed by atoms with Gasteiger partial charge in [-0.1, -0.05) is 59.7 Å². The average molecular weight is 437 g/mol. The van der Waals surface area contributed by atoms with E-state index in [1.54, 1.807) is 0 Å². The molecule has 0 spiro atoms. The number of rotatable bonds is 4. The van der Waals surface area contributed by atoms with E-state index in [2.05, 4.69) is 93.2 Å². The van der Waals surface area contributed by atoms with E-state index in [9.17, 15) is 0 Å². The van der Waals surface area contributed by atoms with Crippen molar-refractivity contribution in [3.05, 3.63) is 90.3 Å². The van der Waals surface area contributed by atoms with E-state index in [0.29, 0.717) is 0 Å². The normalized spacial score (nSPS) is 11.9. The highest BCUT2D eigenvalue weighted by Gasteiger charge is 2.16. The van der Waals surface area contributed by atoms with Crippen molar-refractivity contribution >= 4 is 11.5 Å². The molecule has 0 radical (unpaired) electrons. The summed E-state index contributed by atoms with van der Waals surface area (Å²) in [6.45, 7) is 13.3. The summed E-state index contributed by atoms with van der Waals surface area (Å²) in [7, 11) is 0. The second kappa shape index (κ2) is 8.78. The van der Waals surface area contributed by atoms with Gasteiger partial charge in [0, 0.05) is 23.6 Å². The van der Waals surface area contributed by atoms with Crippen molar-refractivity contribution in [1.29, 1.82) is 0 Å². The molecule has 33 heavy (non-hydrogen) atoms. The Bertz CT molecular complexity index is 1160. The van der Waals surface area contributed by atoms with E-state index in [1.807, 2.05) is 42.7 Å². The Labute approximate surface area is 197 Å². The van der Waals surface area contributed by atoms with Crippen molar-refractivity contribution < 1.29 is 0 Å². The van der Waals surface area contributed by atoms with Gasteiger partial charge >= 0.3 is 0 Å². The summed E-state index contributed by atoms with van der Waals surface area (Å²) in [5.74, 6) is 0.781. The van der Waals surface area contributed by atoms with Crippen LogP contribution in [0.15, 0.2) is 79.1 Å². The summed E-state index contributed by atoms with van der Waals surface area (Å²) in [5, 5.41) is 3.45. The first-order valence-corrected chi connectivity index (χ1v) is 11.4. The Morgan fingerprint density at radius 3 is 1.88 bits per heavy atom. The molecule has 168 valence electrons. The van der Waals surface area contributed by atoms with E-state index >= 15 is 0 Å². The Hall–Kier alpha value is -3.53. The molecule has 3 aromatic heterocycles. The van der Waals surface area contributed by atoms with Gasteiger partial charge < -0.3 is 5.32 Å². The minimum Gasteiger partial charge on any atom is -0.340 e. The molecule has 0 fully saturated rings. The average Bonchev–Trinajstić information content (AvgIpc) is 2.78. The lowest BCUT2D eigenvalue weighted by Gasteiger charge is -2.19. The molecule has 1 aromatic carbocycles. The fourth-order valence-electron chi connectivity index (χ4n) is 3.64. The summed E-state index contributed by atoms with van der Waals surface area (Å²) < 4.78 is 0. The van der Waals surface area contributed by atoms with Crippen LogP contribution in [0.25, 0.3) is 22.6 Å². The molecule has 0 saturated heterocycles. The molecule has 4 heteroatoms. The van der Waals surface area contributed by atoms with Gasteiger partial charge in [0.15, 0.2) is 0 Å². The lowest BCUT2D eigenvalue weighted by molar-refractivity contribution is 0.589. The topological polar surface area (TPSA) is 50.7 Å². The first-order valence-electron chi connectivity index (χ1n) is 11.4. The molecule has 0 aliphatic carbocycles. The molecular formula is C29H32N4. The SMILES string of the molecule is CC(C)(C)c1ccnc(-c2cccc(Nc3cccc(-c4cc(C(C)(C)C)ccn4)n3)c2)c1. The highest BCUT2D eigenvalue weighted by molar-refractivity contribution is 5.69. The third-order valence-corrected chi connectivity index (χ3v) is 5.69. The number of hydrogen-bond acceptors (Lipinski definition) is 4. The second-order valence-corrected chi connectivity index (χ2v) is 10.5. The third-order valence-electron chi connectivity index (χ3n) is 5.69. The summed E-state index contributed by atoms with van der Waals surface area (Å²) in [4.78, 5) is 14.0. The van der Waals surface area contributed by atoms with Crippen LogP contribution in [0.2, 0.25) is 0 Å². The molecule has 0 bridgehead atoms. The van der Waals surface area contributed by atoms with E-state index in [0.717, 1.165) is 34.2 Å². The molecule has 4 nitrogen and oxygen atoms in total. The molecule has 3 heterocycles. The highest BCUT2D eigenvalue weighted by Crippen LogP contribution is 2.29. The summed E-state index contributed by atoms with van der Waals surface area (Å²) in [6.07, 6.45) is 3.75. The van der Waals surface area contributed by atoms with Crippen LogP contribution in [0.1, 0.15) is 52.7 Å². The second-order valence-electron chi connectivity index (χ2n) is 10.5. The van der Waals surface area contributed by atoms with Crippen LogP contribution in [-0.4, -0.2) is 15.0 Å². The molecule has 4 aromatic rings. The molecule has 0 aliphatic rings. The predicted octanol–water partition coefficient (Wildman–Crippen LogP) is 7.54. The first-order chi connectivity index (χ1) is 15.6. The summed E-state index contributed by atoms with van der Waals surface area (Å²) >= 11 is 0. The molecular weight excluding hydrogens is 404 g/mol. The Kier molecular flexibility index (Phi) is 6.03. The van der Waals surface area contributed by atoms with E-state index in [-0.39, 0.29) is 10.8 Å². The molecule has 0 atom stereocenters. The van der Waals surface area contributed by atoms with Crippen molar-refractivity contribution in [2.45, 2.75) is 52.4 Å². The van der Waals surface area contributed by atoms with Crippen molar-refractivity contribution in [1.82, 2.24) is 15.0 Å². The standard InChI is InChI=1S/C29H32N4/c1-28(2,3)21-13-15-30-25(18-21)20-9-7-10-23(17-20)32-27-12-8-11-24(33-27)26-19-22(14-16-31-26)29(4,5)6/h7-19H,1-6H3,(H,32,33). The lowest BCUT2D eigenvalue weighted by atomic mass is 9.87. The minimum absolute atomic E-state index is 0.0618. The van der Waals surface area contributed by atoms with E-state index < -0.39 is 0 Å². The summed E-state index contributed by atoms with van der Waals surface area (Å²) in [6, 6.07) is 22.7. The number of pyridine rings is 3. The monoisotopic (exact) mass is 436 g/mol. The van der Waals surface area contributed by atoms with Gasteiger partial charge in [0.25, 0.3) is 0 Å². The smallest absolute Gasteiger partial charge is 0.131 e. The van der Waals surface area contributed by atoms with Gasteiger partial charge in [-0.05, 0) is 70.5 Å². The molecule has 0 unspecified atom stereocenters. The van der Waals surface area contributed by atoms with Gasteiger partial charge in [-0.15, -0.1) is 0 Å². The zero-order chi connectivity index (χ0) is 23.6. The van der Waals surface area contributed by atoms with Crippen LogP contribution in [0.3, 0.4) is 0 Å². The van der Waals surface area contributed by atoms with Crippen LogP contribution in [0.5, 0.6) is 0 Å². The van der Waals surface area contributed by atoms with Crippen LogP contribution in [0, 0.1) is 0 Å². The largest absolute Gasteiger partial charge is 0.340 e. The number of hydrogen-bond donors (Lipinski definition) is 1. The van der Waals surface area contributed by atoms with E-state index in [4.69, 9.17) is 4.98 Å². The molecule has 0 amide bonds. The van der Waals surface area contributed by atoms with Gasteiger partial charge in [-0.2, -0.15) is 0 Å². The van der Waals surface area contributed by atoms with Gasteiger partial charge in [-0.25, -0.2) is 4.98 Å². The van der Waals surface area contributed by atoms with Crippen molar-refractivity contribution in [3.8, 4) is 22.6 Å². The molecule has 1 N–H and O–H groups in total. The maximum Gasteiger partial charge on any atom is 0.131 e. The molecule has 0 saturated carbocycles. The maximum atomic E-state index is 4.82. The van der Waals surface area contributed by atoms with Gasteiger partial charge in [0.1, 0.15) is 5.82 Å². The fourth-order valence-corrected chi connectivity index (χ4v) is 3.64. The molecule has 0 aliphatic heterocycles. The van der Waals surface area contributed by atoms with Crippen LogP contribution < -0.4 is 5.32 Å². The minimum atomic E-state index is 0.0618. The molecule has 4 rings (SSSR count). The van der Waals surface area contributed by atoms with Crippen LogP contribution in [0.4, 0.5) is 11.5 Å². The van der Waals surface area contributed by atoms with Crippen molar-refractivity contribution in [3.63, 3.8) is 0 Å². The number of nitrogens with zero attached hydrogens (tertiary/aromatic N) is 3. The number of nitrogens with one attached hydrogen (secondary N) is 1. The zero-order valence-electron chi connectivity index (χ0n) is 20.3. The van der Waals surface area contributed by atoms with Crippen LogP contribution in [-0.2, 0) is 10.8 Å². The lowest BCUT2D eigenvalue weighted by Crippen LogP contribution is -2.11. The quantitative estimate of drug-likeness (QED) is 0.359. The van der Waals surface area contributed by atoms with Crippen molar-refractivity contribution in [2.24, 2.45) is 0 Å². The number of anilines is 2. The van der Waals surface area contributed by atoms with Crippen molar-refractivity contribution in [2.75, 3.05) is 5.32 Å². The fraction of sp³-hybridized carbons (Fsp3) is 0.276.